The van der Waals surface area contributed by atoms with Gasteiger partial charge in [0, 0.05) is 18.9 Å². The first-order valence-electron chi connectivity index (χ1n) is 2.62. The van der Waals surface area contributed by atoms with E-state index in [0.717, 1.165) is 0 Å². The van der Waals surface area contributed by atoms with Crippen LogP contribution in [-0.4, -0.2) is 30.3 Å². The number of hydrogen-bond donors (Lipinski definition) is 4. The molecule has 1 rings (SSSR count). The Morgan fingerprint density at radius 3 is 2.00 bits per heavy atom. The molecule has 1 heterocycles. The van der Waals surface area contributed by atoms with Crippen LogP contribution < -0.4 is 10.9 Å². The van der Waals surface area contributed by atoms with E-state index in [4.69, 9.17) is 10.0 Å². The molecule has 0 saturated carbocycles. The molecule has 1 fully saturated rings. The van der Waals surface area contributed by atoms with E-state index < -0.39 is 7.12 Å². The third kappa shape index (κ3) is 1.19. The van der Waals surface area contributed by atoms with Gasteiger partial charge in [-0.15, -0.1) is 0 Å². The molecule has 4 N–H and O–H groups in total. The molecule has 0 radical (unpaired) electrons. The highest BCUT2D eigenvalue weighted by Gasteiger charge is 2.25. The maximum Gasteiger partial charge on any atom is 0.457 e. The molecule has 0 aromatic heterocycles. The molecule has 0 spiro atoms. The van der Waals surface area contributed by atoms with Gasteiger partial charge in [0.05, 0.1) is 0 Å². The van der Waals surface area contributed by atoms with Gasteiger partial charge < -0.3 is 10.0 Å². The number of hydrazine groups is 1. The Bertz CT molecular complexity index is 73.7. The monoisotopic (exact) mass is 116 g/mol. The highest BCUT2D eigenvalue weighted by molar-refractivity contribution is 6.43. The van der Waals surface area contributed by atoms with Crippen LogP contribution in [0.4, 0.5) is 0 Å². The molecular formula is C3H9BN2O2. The third-order valence-corrected chi connectivity index (χ3v) is 1.28. The molecule has 1 aliphatic heterocycles. The molecule has 8 heavy (non-hydrogen) atoms. The summed E-state index contributed by atoms with van der Waals surface area (Å²) in [6, 6.07) is 0. The maximum atomic E-state index is 8.53. The van der Waals surface area contributed by atoms with Crippen LogP contribution in [0.25, 0.3) is 0 Å². The van der Waals surface area contributed by atoms with Crippen LogP contribution in [0.5, 0.6) is 0 Å². The highest BCUT2D eigenvalue weighted by Crippen LogP contribution is 2.05. The Morgan fingerprint density at radius 2 is 1.75 bits per heavy atom. The van der Waals surface area contributed by atoms with Crippen LogP contribution in [0, 0.1) is 0 Å². The smallest absolute Gasteiger partial charge is 0.427 e. The van der Waals surface area contributed by atoms with Crippen molar-refractivity contribution in [3.05, 3.63) is 0 Å². The van der Waals surface area contributed by atoms with Crippen molar-refractivity contribution in [2.75, 3.05) is 13.1 Å². The Labute approximate surface area is 48.0 Å². The summed E-state index contributed by atoms with van der Waals surface area (Å²) in [5.41, 5.74) is 5.57. The SMILES string of the molecule is OB(O)C1CNNC1. The first-order valence-corrected chi connectivity index (χ1v) is 2.62. The normalized spacial score (nSPS) is 21.8. The Hall–Kier alpha value is -0.0951. The maximum absolute atomic E-state index is 8.53. The lowest BCUT2D eigenvalue weighted by Crippen LogP contribution is -2.23. The van der Waals surface area contributed by atoms with Crippen molar-refractivity contribution in [2.24, 2.45) is 0 Å². The quantitative estimate of drug-likeness (QED) is 0.297. The Balaban J connectivity index is 2.24. The Morgan fingerprint density at radius 1 is 1.25 bits per heavy atom. The van der Waals surface area contributed by atoms with Crippen LogP contribution in [0.1, 0.15) is 0 Å². The predicted octanol–water partition coefficient (Wildman–Crippen LogP) is -2.06. The minimum Gasteiger partial charge on any atom is -0.427 e. The molecule has 0 bridgehead atoms. The van der Waals surface area contributed by atoms with E-state index in [1.54, 1.807) is 0 Å². The lowest BCUT2D eigenvalue weighted by Gasteiger charge is -2.01. The van der Waals surface area contributed by atoms with Crippen LogP contribution in [0.2, 0.25) is 5.82 Å². The van der Waals surface area contributed by atoms with Gasteiger partial charge in [0.15, 0.2) is 0 Å². The van der Waals surface area contributed by atoms with Crippen molar-refractivity contribution < 1.29 is 10.0 Å². The van der Waals surface area contributed by atoms with E-state index in [2.05, 4.69) is 10.9 Å². The van der Waals surface area contributed by atoms with Gasteiger partial charge in [0.1, 0.15) is 0 Å². The number of hydrogen-bond acceptors (Lipinski definition) is 4. The molecule has 0 aliphatic carbocycles. The van der Waals surface area contributed by atoms with Gasteiger partial charge in [-0.05, 0) is 0 Å². The van der Waals surface area contributed by atoms with Crippen molar-refractivity contribution in [3.8, 4) is 0 Å². The fourth-order valence-corrected chi connectivity index (χ4v) is 0.690. The van der Waals surface area contributed by atoms with Gasteiger partial charge in [-0.25, -0.2) is 0 Å². The molecule has 0 aromatic carbocycles. The van der Waals surface area contributed by atoms with E-state index in [0.29, 0.717) is 13.1 Å². The van der Waals surface area contributed by atoms with Crippen molar-refractivity contribution >= 4 is 7.12 Å². The molecule has 0 amide bonds. The molecule has 0 unspecified atom stereocenters. The predicted molar refractivity (Wildman–Crippen MR) is 29.9 cm³/mol. The zero-order valence-electron chi connectivity index (χ0n) is 4.46. The van der Waals surface area contributed by atoms with E-state index in [-0.39, 0.29) is 5.82 Å². The lowest BCUT2D eigenvalue weighted by atomic mass is 9.74. The molecule has 5 heteroatoms. The molecule has 4 nitrogen and oxygen atoms in total. The molecule has 0 aromatic rings. The van der Waals surface area contributed by atoms with Crippen LogP contribution in [0.15, 0.2) is 0 Å². The van der Waals surface area contributed by atoms with Gasteiger partial charge in [-0.2, -0.15) is 0 Å². The van der Waals surface area contributed by atoms with Crippen LogP contribution in [0.3, 0.4) is 0 Å². The van der Waals surface area contributed by atoms with E-state index >= 15 is 0 Å². The van der Waals surface area contributed by atoms with Crippen LogP contribution in [-0.2, 0) is 0 Å². The topological polar surface area (TPSA) is 64.5 Å². The molecule has 1 aliphatic rings. The second kappa shape index (κ2) is 2.45. The summed E-state index contributed by atoms with van der Waals surface area (Å²) in [6.07, 6.45) is 0. The van der Waals surface area contributed by atoms with Gasteiger partial charge >= 0.3 is 7.12 Å². The summed E-state index contributed by atoms with van der Waals surface area (Å²) in [7, 11) is -1.18. The lowest BCUT2D eigenvalue weighted by molar-refractivity contribution is 0.390. The fourth-order valence-electron chi connectivity index (χ4n) is 0.690. The molecule has 1 saturated heterocycles. The van der Waals surface area contributed by atoms with E-state index in [1.165, 1.54) is 0 Å². The van der Waals surface area contributed by atoms with Crippen molar-refractivity contribution in [3.63, 3.8) is 0 Å². The van der Waals surface area contributed by atoms with Crippen LogP contribution >= 0.6 is 0 Å². The standard InChI is InChI=1S/C3H9BN2O2/c7-4(8)3-1-5-6-2-3/h3,5-8H,1-2H2. The molecule has 0 atom stereocenters. The minimum absolute atomic E-state index is 0.0463. The van der Waals surface area contributed by atoms with Gasteiger partial charge in [0.25, 0.3) is 0 Å². The summed E-state index contributed by atoms with van der Waals surface area (Å²) in [5.74, 6) is -0.0463. The summed E-state index contributed by atoms with van der Waals surface area (Å²) in [4.78, 5) is 0. The van der Waals surface area contributed by atoms with Crippen molar-refractivity contribution in [2.45, 2.75) is 5.82 Å². The zero-order valence-corrected chi connectivity index (χ0v) is 4.46. The minimum atomic E-state index is -1.18. The average molecular weight is 116 g/mol. The second-order valence-corrected chi connectivity index (χ2v) is 1.94. The van der Waals surface area contributed by atoms with Gasteiger partial charge in [-0.1, -0.05) is 0 Å². The summed E-state index contributed by atoms with van der Waals surface area (Å²) in [6.45, 7) is 1.27. The average Bonchev–Trinajstić information content (AvgIpc) is 2.12. The van der Waals surface area contributed by atoms with Gasteiger partial charge in [0.2, 0.25) is 0 Å². The first-order chi connectivity index (χ1) is 3.80. The second-order valence-electron chi connectivity index (χ2n) is 1.94. The fraction of sp³-hybridized carbons (Fsp3) is 1.00. The third-order valence-electron chi connectivity index (χ3n) is 1.28. The molecule has 46 valence electrons. The largest absolute Gasteiger partial charge is 0.457 e. The van der Waals surface area contributed by atoms with Gasteiger partial charge in [-0.3, -0.25) is 10.9 Å². The first kappa shape index (κ1) is 6.03. The zero-order chi connectivity index (χ0) is 5.98. The number of rotatable bonds is 1. The highest BCUT2D eigenvalue weighted by atomic mass is 16.4. The summed E-state index contributed by atoms with van der Waals surface area (Å²) in [5, 5.41) is 17.1. The summed E-state index contributed by atoms with van der Waals surface area (Å²) < 4.78 is 0. The number of nitrogens with one attached hydrogen (secondary N) is 2. The van der Waals surface area contributed by atoms with Crippen molar-refractivity contribution in [1.82, 2.24) is 10.9 Å². The van der Waals surface area contributed by atoms with Crippen molar-refractivity contribution in [1.29, 1.82) is 0 Å². The van der Waals surface area contributed by atoms with E-state index in [1.807, 2.05) is 0 Å². The summed E-state index contributed by atoms with van der Waals surface area (Å²) >= 11 is 0. The molecular weight excluding hydrogens is 107 g/mol. The Kier molecular flexibility index (Phi) is 1.85. The van der Waals surface area contributed by atoms with E-state index in [9.17, 15) is 0 Å².